The highest BCUT2D eigenvalue weighted by Gasteiger charge is 2.56. The maximum Gasteiger partial charge on any atom is 0.240 e. The van der Waals surface area contributed by atoms with Crippen molar-refractivity contribution in [2.75, 3.05) is 20.3 Å². The molecule has 0 aliphatic heterocycles. The number of ketones is 1. The molecule has 1 aromatic carbocycles. The van der Waals surface area contributed by atoms with Gasteiger partial charge in [0.05, 0.1) is 16.9 Å². The summed E-state index contributed by atoms with van der Waals surface area (Å²) < 4.78 is 31.4. The molecule has 5 nitrogen and oxygen atoms in total. The molecule has 2 rings (SSSR count). The Hall–Kier alpha value is -1.24. The average molecular weight is 311 g/mol. The topological polar surface area (TPSA) is 72.5 Å². The van der Waals surface area contributed by atoms with Gasteiger partial charge >= 0.3 is 0 Å². The number of nitrogens with one attached hydrogen (secondary N) is 1. The largest absolute Gasteiger partial charge is 0.383 e. The molecule has 21 heavy (non-hydrogen) atoms. The molecule has 1 fully saturated rings. The van der Waals surface area contributed by atoms with Crippen molar-refractivity contribution in [3.8, 4) is 0 Å². The number of rotatable bonds is 7. The number of hydrogen-bond donors (Lipinski definition) is 1. The summed E-state index contributed by atoms with van der Waals surface area (Å²) in [6.45, 7) is 4.19. The van der Waals surface area contributed by atoms with Crippen LogP contribution in [0.2, 0.25) is 0 Å². The monoisotopic (exact) mass is 311 g/mol. The summed E-state index contributed by atoms with van der Waals surface area (Å²) in [4.78, 5) is 12.1. The van der Waals surface area contributed by atoms with E-state index in [2.05, 4.69) is 4.72 Å². The van der Waals surface area contributed by atoms with Gasteiger partial charge in [-0.2, -0.15) is 0 Å². The lowest BCUT2D eigenvalue weighted by Crippen LogP contribution is -2.27. The zero-order chi connectivity index (χ0) is 15.7. The van der Waals surface area contributed by atoms with Crippen LogP contribution in [-0.4, -0.2) is 34.5 Å². The number of sulfonamides is 1. The molecule has 0 aromatic heterocycles. The molecule has 2 atom stereocenters. The van der Waals surface area contributed by atoms with Crippen molar-refractivity contribution in [2.45, 2.75) is 30.6 Å². The van der Waals surface area contributed by atoms with Gasteiger partial charge in [0.1, 0.15) is 5.78 Å². The van der Waals surface area contributed by atoms with E-state index in [1.165, 1.54) is 7.11 Å². The number of benzene rings is 1. The summed E-state index contributed by atoms with van der Waals surface area (Å²) in [5.41, 5.74) is 0.490. The first-order valence-electron chi connectivity index (χ1n) is 6.95. The number of Topliss-reactive ketones (excluding diaryl/α,β-unsaturated/α-hetero) is 1. The van der Waals surface area contributed by atoms with Gasteiger partial charge in [0.15, 0.2) is 0 Å². The molecule has 6 heteroatoms. The van der Waals surface area contributed by atoms with Crippen molar-refractivity contribution < 1.29 is 17.9 Å². The first kappa shape index (κ1) is 16.1. The lowest BCUT2D eigenvalue weighted by atomic mass is 9.90. The van der Waals surface area contributed by atoms with Crippen LogP contribution in [0, 0.1) is 5.92 Å². The van der Waals surface area contributed by atoms with Crippen molar-refractivity contribution in [3.05, 3.63) is 29.8 Å². The van der Waals surface area contributed by atoms with E-state index in [0.717, 1.165) is 12.0 Å². The van der Waals surface area contributed by atoms with Gasteiger partial charge in [0, 0.05) is 13.7 Å². The van der Waals surface area contributed by atoms with E-state index in [9.17, 15) is 13.2 Å². The van der Waals surface area contributed by atoms with Crippen LogP contribution >= 0.6 is 0 Å². The van der Waals surface area contributed by atoms with E-state index in [-0.39, 0.29) is 17.2 Å². The Morgan fingerprint density at radius 1 is 1.38 bits per heavy atom. The normalized spacial score (nSPS) is 24.8. The molecule has 1 saturated carbocycles. The molecule has 0 bridgehead atoms. The Bertz CT molecular complexity index is 624. The fourth-order valence-corrected chi connectivity index (χ4v) is 3.83. The predicted octanol–water partition coefficient (Wildman–Crippen LogP) is 1.48. The maximum absolute atomic E-state index is 12.0. The van der Waals surface area contributed by atoms with Crippen LogP contribution in [0.15, 0.2) is 29.2 Å². The Kier molecular flexibility index (Phi) is 4.51. The Balaban J connectivity index is 2.18. The smallest absolute Gasteiger partial charge is 0.240 e. The van der Waals surface area contributed by atoms with Crippen molar-refractivity contribution >= 4 is 15.8 Å². The molecule has 0 spiro atoms. The number of methoxy groups -OCH3 is 1. The van der Waals surface area contributed by atoms with E-state index < -0.39 is 15.4 Å². The molecule has 116 valence electrons. The van der Waals surface area contributed by atoms with Crippen LogP contribution < -0.4 is 4.72 Å². The summed E-state index contributed by atoms with van der Waals surface area (Å²) in [6.07, 6.45) is 0.834. The third kappa shape index (κ3) is 3.02. The average Bonchev–Trinajstić information content (AvgIpc) is 3.12. The van der Waals surface area contributed by atoms with Crippen LogP contribution in [-0.2, 0) is 25.0 Å². The maximum atomic E-state index is 12.0. The minimum atomic E-state index is -3.52. The van der Waals surface area contributed by atoms with Crippen molar-refractivity contribution in [3.63, 3.8) is 0 Å². The summed E-state index contributed by atoms with van der Waals surface area (Å²) in [6, 6.07) is 6.60. The molecule has 1 aliphatic rings. The Labute approximate surface area is 125 Å². The first-order valence-corrected chi connectivity index (χ1v) is 8.43. The fraction of sp³-hybridized carbons (Fsp3) is 0.533. The zero-order valence-corrected chi connectivity index (χ0v) is 13.4. The molecule has 0 saturated heterocycles. The summed E-state index contributed by atoms with van der Waals surface area (Å²) >= 11 is 0. The number of carbonyl (C=O) groups is 1. The SMILES string of the molecule is COCCNS(=O)(=O)c1ccc(C2(C(C)=O)CC2C)cc1. The van der Waals surface area contributed by atoms with E-state index in [0.29, 0.717) is 12.5 Å². The minimum Gasteiger partial charge on any atom is -0.383 e. The first-order chi connectivity index (χ1) is 9.84. The molecule has 0 heterocycles. The van der Waals surface area contributed by atoms with Crippen molar-refractivity contribution in [1.29, 1.82) is 0 Å². The van der Waals surface area contributed by atoms with E-state index in [1.54, 1.807) is 31.2 Å². The third-order valence-electron chi connectivity index (χ3n) is 4.22. The highest BCUT2D eigenvalue weighted by atomic mass is 32.2. The Morgan fingerprint density at radius 2 is 1.95 bits per heavy atom. The number of carbonyl (C=O) groups excluding carboxylic acids is 1. The molecule has 0 radical (unpaired) electrons. The lowest BCUT2D eigenvalue weighted by Gasteiger charge is -2.14. The predicted molar refractivity (Wildman–Crippen MR) is 79.6 cm³/mol. The second kappa shape index (κ2) is 5.87. The van der Waals surface area contributed by atoms with Gasteiger partial charge < -0.3 is 4.74 Å². The van der Waals surface area contributed by atoms with Gasteiger partial charge in [-0.3, -0.25) is 4.79 Å². The van der Waals surface area contributed by atoms with E-state index >= 15 is 0 Å². The van der Waals surface area contributed by atoms with Gasteiger partial charge in [-0.25, -0.2) is 13.1 Å². The third-order valence-corrected chi connectivity index (χ3v) is 5.69. The van der Waals surface area contributed by atoms with Crippen LogP contribution in [0.4, 0.5) is 0 Å². The van der Waals surface area contributed by atoms with E-state index in [1.807, 2.05) is 6.92 Å². The van der Waals surface area contributed by atoms with Gasteiger partial charge in [-0.05, 0) is 37.0 Å². The number of hydrogen-bond acceptors (Lipinski definition) is 4. The van der Waals surface area contributed by atoms with Gasteiger partial charge in [0.2, 0.25) is 10.0 Å². The van der Waals surface area contributed by atoms with Crippen molar-refractivity contribution in [1.82, 2.24) is 4.72 Å². The van der Waals surface area contributed by atoms with Gasteiger partial charge in [0.25, 0.3) is 0 Å². The highest BCUT2D eigenvalue weighted by Crippen LogP contribution is 2.54. The highest BCUT2D eigenvalue weighted by molar-refractivity contribution is 7.89. The molecule has 2 unspecified atom stereocenters. The second-order valence-electron chi connectivity index (χ2n) is 5.55. The molecule has 1 aromatic rings. The summed E-state index contributed by atoms with van der Waals surface area (Å²) in [5, 5.41) is 0. The van der Waals surface area contributed by atoms with Crippen LogP contribution in [0.1, 0.15) is 25.8 Å². The molecule has 1 N–H and O–H groups in total. The molecule has 0 amide bonds. The standard InChI is InChI=1S/C15H21NO4S/c1-11-10-15(11,12(2)17)13-4-6-14(7-5-13)21(18,19)16-8-9-20-3/h4-7,11,16H,8-10H2,1-3H3. The van der Waals surface area contributed by atoms with Crippen molar-refractivity contribution in [2.24, 2.45) is 5.92 Å². The van der Waals surface area contributed by atoms with Crippen LogP contribution in [0.5, 0.6) is 0 Å². The van der Waals surface area contributed by atoms with Crippen LogP contribution in [0.3, 0.4) is 0 Å². The zero-order valence-electron chi connectivity index (χ0n) is 12.5. The van der Waals surface area contributed by atoms with Gasteiger partial charge in [-0.1, -0.05) is 19.1 Å². The summed E-state index contributed by atoms with van der Waals surface area (Å²) in [7, 11) is -2.01. The van der Waals surface area contributed by atoms with Crippen LogP contribution in [0.25, 0.3) is 0 Å². The molecule has 1 aliphatic carbocycles. The molecular formula is C15H21NO4S. The lowest BCUT2D eigenvalue weighted by molar-refractivity contribution is -0.119. The fourth-order valence-electron chi connectivity index (χ4n) is 2.81. The number of ether oxygens (including phenoxy) is 1. The van der Waals surface area contributed by atoms with E-state index in [4.69, 9.17) is 4.74 Å². The van der Waals surface area contributed by atoms with Gasteiger partial charge in [-0.15, -0.1) is 0 Å². The molecular weight excluding hydrogens is 290 g/mol. The minimum absolute atomic E-state index is 0.142. The second-order valence-corrected chi connectivity index (χ2v) is 7.31. The summed E-state index contributed by atoms with van der Waals surface area (Å²) in [5.74, 6) is 0.459. The quantitative estimate of drug-likeness (QED) is 0.774. The Morgan fingerprint density at radius 3 is 2.38 bits per heavy atom.